The fourth-order valence-corrected chi connectivity index (χ4v) is 2.92. The Morgan fingerprint density at radius 3 is 2.19 bits per heavy atom. The van der Waals surface area contributed by atoms with Gasteiger partial charge in [0.05, 0.1) is 13.2 Å². The fourth-order valence-electron chi connectivity index (χ4n) is 2.92. The number of ether oxygens (including phenoxy) is 1. The Morgan fingerprint density at radius 2 is 1.55 bits per heavy atom. The minimum Gasteiger partial charge on any atom is -0.494 e. The summed E-state index contributed by atoms with van der Waals surface area (Å²) in [7, 11) is 0. The van der Waals surface area contributed by atoms with Crippen molar-refractivity contribution < 1.29 is 18.7 Å². The number of carbonyl (C=O) groups is 2. The first-order valence-corrected chi connectivity index (χ1v) is 9.89. The van der Waals surface area contributed by atoms with Crippen molar-refractivity contribution in [2.24, 2.45) is 0 Å². The van der Waals surface area contributed by atoms with Crippen molar-refractivity contribution in [1.29, 1.82) is 0 Å². The van der Waals surface area contributed by atoms with Crippen molar-refractivity contribution in [3.8, 4) is 5.75 Å². The van der Waals surface area contributed by atoms with Gasteiger partial charge in [0.1, 0.15) is 11.6 Å². The molecule has 6 nitrogen and oxygen atoms in total. The molecule has 0 saturated heterocycles. The van der Waals surface area contributed by atoms with Gasteiger partial charge in [-0.25, -0.2) is 4.39 Å². The van der Waals surface area contributed by atoms with Crippen LogP contribution in [0.25, 0.3) is 0 Å². The van der Waals surface area contributed by atoms with Gasteiger partial charge in [0.2, 0.25) is 5.91 Å². The quantitative estimate of drug-likeness (QED) is 0.486. The van der Waals surface area contributed by atoms with Crippen molar-refractivity contribution in [2.45, 2.75) is 13.8 Å². The summed E-state index contributed by atoms with van der Waals surface area (Å²) in [6.45, 7) is 4.29. The zero-order valence-corrected chi connectivity index (χ0v) is 17.4. The number of halogens is 1. The minimum absolute atomic E-state index is 0.0342. The third-order valence-electron chi connectivity index (χ3n) is 4.48. The second kappa shape index (κ2) is 10.2. The molecule has 2 amide bonds. The van der Waals surface area contributed by atoms with Crippen molar-refractivity contribution >= 4 is 28.9 Å². The van der Waals surface area contributed by atoms with Crippen molar-refractivity contribution in [3.05, 3.63) is 83.7 Å². The number of carbonyl (C=O) groups excluding carboxylic acids is 2. The number of hydrogen-bond acceptors (Lipinski definition) is 4. The zero-order valence-electron chi connectivity index (χ0n) is 17.4. The van der Waals surface area contributed by atoms with E-state index in [0.29, 0.717) is 29.2 Å². The summed E-state index contributed by atoms with van der Waals surface area (Å²) >= 11 is 0. The standard InChI is InChI=1S/C24H24FN3O3/c1-3-31-21-11-9-20(10-12-21)28-24(30)17-4-7-19(8-5-17)27-23(29)15-26-22-13-6-18(25)14-16(22)2/h4-14,26H,3,15H2,1-2H3,(H,27,29)(H,28,30). The molecule has 0 heterocycles. The monoisotopic (exact) mass is 421 g/mol. The number of amides is 2. The van der Waals surface area contributed by atoms with Crippen LogP contribution >= 0.6 is 0 Å². The van der Waals surface area contributed by atoms with Gasteiger partial charge in [0.25, 0.3) is 5.91 Å². The number of hydrogen-bond donors (Lipinski definition) is 3. The van der Waals surface area contributed by atoms with Crippen LogP contribution in [0.4, 0.5) is 21.5 Å². The smallest absolute Gasteiger partial charge is 0.255 e. The largest absolute Gasteiger partial charge is 0.494 e. The topological polar surface area (TPSA) is 79.5 Å². The van der Waals surface area contributed by atoms with Gasteiger partial charge in [0, 0.05) is 22.6 Å². The molecule has 0 unspecified atom stereocenters. The Hall–Kier alpha value is -3.87. The van der Waals surface area contributed by atoms with E-state index in [9.17, 15) is 14.0 Å². The normalized spacial score (nSPS) is 10.3. The number of aryl methyl sites for hydroxylation is 1. The molecule has 0 saturated carbocycles. The molecule has 0 aliphatic rings. The summed E-state index contributed by atoms with van der Waals surface area (Å²) in [5, 5.41) is 8.55. The first-order valence-electron chi connectivity index (χ1n) is 9.89. The van der Waals surface area contributed by atoms with Crippen LogP contribution in [0, 0.1) is 12.7 Å². The van der Waals surface area contributed by atoms with Crippen LogP contribution in [0.15, 0.2) is 66.7 Å². The first kappa shape index (κ1) is 21.8. The molecular weight excluding hydrogens is 397 g/mol. The van der Waals surface area contributed by atoms with Gasteiger partial charge in [-0.2, -0.15) is 0 Å². The van der Waals surface area contributed by atoms with Gasteiger partial charge in [0.15, 0.2) is 0 Å². The molecule has 160 valence electrons. The summed E-state index contributed by atoms with van der Waals surface area (Å²) in [6, 6.07) is 18.0. The van der Waals surface area contributed by atoms with Crippen molar-refractivity contribution in [3.63, 3.8) is 0 Å². The van der Waals surface area contributed by atoms with Gasteiger partial charge < -0.3 is 20.7 Å². The molecular formula is C24H24FN3O3. The van der Waals surface area contributed by atoms with Crippen molar-refractivity contribution in [2.75, 3.05) is 29.1 Å². The molecule has 0 fully saturated rings. The van der Waals surface area contributed by atoms with Crippen LogP contribution in [0.3, 0.4) is 0 Å². The SMILES string of the molecule is CCOc1ccc(NC(=O)c2ccc(NC(=O)CNc3ccc(F)cc3C)cc2)cc1. The molecule has 31 heavy (non-hydrogen) atoms. The maximum Gasteiger partial charge on any atom is 0.255 e. The predicted molar refractivity (Wildman–Crippen MR) is 120 cm³/mol. The summed E-state index contributed by atoms with van der Waals surface area (Å²) in [5.41, 5.74) is 3.11. The van der Waals surface area contributed by atoms with E-state index in [2.05, 4.69) is 16.0 Å². The van der Waals surface area contributed by atoms with E-state index in [-0.39, 0.29) is 24.2 Å². The minimum atomic E-state index is -0.320. The van der Waals surface area contributed by atoms with Crippen LogP contribution < -0.4 is 20.7 Å². The average Bonchev–Trinajstić information content (AvgIpc) is 2.75. The van der Waals surface area contributed by atoms with Crippen LogP contribution in [0.2, 0.25) is 0 Å². The van der Waals surface area contributed by atoms with Gasteiger partial charge in [-0.3, -0.25) is 9.59 Å². The lowest BCUT2D eigenvalue weighted by molar-refractivity contribution is -0.114. The molecule has 0 aromatic heterocycles. The Kier molecular flexibility index (Phi) is 7.22. The Morgan fingerprint density at radius 1 is 0.903 bits per heavy atom. The lowest BCUT2D eigenvalue weighted by Gasteiger charge is -2.11. The van der Waals surface area contributed by atoms with E-state index in [0.717, 1.165) is 11.3 Å². The van der Waals surface area contributed by atoms with Crippen molar-refractivity contribution in [1.82, 2.24) is 0 Å². The molecule has 3 N–H and O–H groups in total. The third kappa shape index (κ3) is 6.30. The highest BCUT2D eigenvalue weighted by atomic mass is 19.1. The predicted octanol–water partition coefficient (Wildman–Crippen LogP) is 4.84. The second-order valence-electron chi connectivity index (χ2n) is 6.85. The van der Waals surface area contributed by atoms with E-state index in [4.69, 9.17) is 4.74 Å². The lowest BCUT2D eigenvalue weighted by atomic mass is 10.2. The fraction of sp³-hybridized carbons (Fsp3) is 0.167. The second-order valence-corrected chi connectivity index (χ2v) is 6.85. The zero-order chi connectivity index (χ0) is 22.2. The van der Waals surface area contributed by atoms with Gasteiger partial charge in [-0.05, 0) is 86.1 Å². The first-order chi connectivity index (χ1) is 14.9. The molecule has 0 aliphatic carbocycles. The van der Waals surface area contributed by atoms with Crippen LogP contribution in [-0.4, -0.2) is 25.0 Å². The lowest BCUT2D eigenvalue weighted by Crippen LogP contribution is -2.22. The van der Waals surface area contributed by atoms with Gasteiger partial charge >= 0.3 is 0 Å². The summed E-state index contributed by atoms with van der Waals surface area (Å²) in [5.74, 6) is -0.0883. The molecule has 0 aliphatic heterocycles. The van der Waals surface area contributed by atoms with Crippen LogP contribution in [0.1, 0.15) is 22.8 Å². The van der Waals surface area contributed by atoms with E-state index >= 15 is 0 Å². The molecule has 0 bridgehead atoms. The molecule has 3 aromatic rings. The summed E-state index contributed by atoms with van der Waals surface area (Å²) < 4.78 is 18.5. The van der Waals surface area contributed by atoms with E-state index in [1.807, 2.05) is 6.92 Å². The average molecular weight is 421 g/mol. The number of anilines is 3. The van der Waals surface area contributed by atoms with E-state index in [1.54, 1.807) is 61.5 Å². The van der Waals surface area contributed by atoms with E-state index < -0.39 is 0 Å². The van der Waals surface area contributed by atoms with Gasteiger partial charge in [-0.15, -0.1) is 0 Å². The molecule has 0 atom stereocenters. The summed E-state index contributed by atoms with van der Waals surface area (Å²) in [6.07, 6.45) is 0. The van der Waals surface area contributed by atoms with Crippen LogP contribution in [-0.2, 0) is 4.79 Å². The van der Waals surface area contributed by atoms with E-state index in [1.165, 1.54) is 12.1 Å². The number of benzene rings is 3. The molecule has 7 heteroatoms. The Balaban J connectivity index is 1.51. The Bertz CT molecular complexity index is 1050. The van der Waals surface area contributed by atoms with Crippen LogP contribution in [0.5, 0.6) is 5.75 Å². The highest BCUT2D eigenvalue weighted by Crippen LogP contribution is 2.18. The maximum atomic E-state index is 13.1. The molecule has 3 aromatic carbocycles. The number of rotatable bonds is 8. The van der Waals surface area contributed by atoms with Gasteiger partial charge in [-0.1, -0.05) is 0 Å². The highest BCUT2D eigenvalue weighted by Gasteiger charge is 2.08. The third-order valence-corrected chi connectivity index (χ3v) is 4.48. The molecule has 3 rings (SSSR count). The maximum absolute atomic E-state index is 13.1. The molecule has 0 radical (unpaired) electrons. The number of nitrogens with one attached hydrogen (secondary N) is 3. The highest BCUT2D eigenvalue weighted by molar-refractivity contribution is 6.04. The molecule has 0 spiro atoms. The Labute approximate surface area is 180 Å². The summed E-state index contributed by atoms with van der Waals surface area (Å²) in [4.78, 5) is 24.6.